The van der Waals surface area contributed by atoms with E-state index in [4.69, 9.17) is 15.6 Å². The highest BCUT2D eigenvalue weighted by atomic mass is 16.5. The van der Waals surface area contributed by atoms with Crippen LogP contribution in [0.3, 0.4) is 0 Å². The first-order valence-electron chi connectivity index (χ1n) is 8.02. The molecule has 2 N–H and O–H groups in total. The fraction of sp³-hybridized carbons (Fsp3) is 0.158. The Balaban J connectivity index is 1.81. The van der Waals surface area contributed by atoms with Crippen LogP contribution >= 0.6 is 0 Å². The molecule has 3 heterocycles. The second-order valence-corrected chi connectivity index (χ2v) is 5.69. The minimum atomic E-state index is 0.709. The number of rotatable bonds is 3. The van der Waals surface area contributed by atoms with Crippen LogP contribution in [0.5, 0.6) is 0 Å². The monoisotopic (exact) mass is 318 g/mol. The molecule has 2 aromatic heterocycles. The van der Waals surface area contributed by atoms with Crippen LogP contribution < -0.4 is 5.73 Å². The highest BCUT2D eigenvalue weighted by Crippen LogP contribution is 2.27. The SMILES string of the molecule is Nc1ccc2c(/C=C/c3ccccn3)nn(C3=CCCCO3)c2c1. The summed E-state index contributed by atoms with van der Waals surface area (Å²) in [7, 11) is 0. The lowest BCUT2D eigenvalue weighted by molar-refractivity contribution is 0.237. The zero-order valence-corrected chi connectivity index (χ0v) is 13.2. The van der Waals surface area contributed by atoms with Gasteiger partial charge in [0.15, 0.2) is 0 Å². The van der Waals surface area contributed by atoms with Crippen molar-refractivity contribution in [3.05, 3.63) is 60.1 Å². The van der Waals surface area contributed by atoms with E-state index in [2.05, 4.69) is 11.1 Å². The Morgan fingerprint density at radius 1 is 1.17 bits per heavy atom. The largest absolute Gasteiger partial charge is 0.478 e. The van der Waals surface area contributed by atoms with E-state index < -0.39 is 0 Å². The number of fused-ring (bicyclic) bond motifs is 1. The molecule has 0 saturated carbocycles. The maximum absolute atomic E-state index is 5.97. The van der Waals surface area contributed by atoms with Gasteiger partial charge in [-0.25, -0.2) is 4.68 Å². The molecule has 0 amide bonds. The van der Waals surface area contributed by atoms with Crippen molar-refractivity contribution < 1.29 is 4.74 Å². The molecule has 0 aliphatic carbocycles. The van der Waals surface area contributed by atoms with Gasteiger partial charge in [0.25, 0.3) is 0 Å². The molecule has 0 saturated heterocycles. The Bertz CT molecular complexity index is 925. The van der Waals surface area contributed by atoms with Gasteiger partial charge in [0.2, 0.25) is 5.88 Å². The van der Waals surface area contributed by atoms with Crippen molar-refractivity contribution >= 4 is 34.6 Å². The van der Waals surface area contributed by atoms with E-state index in [1.165, 1.54) is 0 Å². The summed E-state index contributed by atoms with van der Waals surface area (Å²) < 4.78 is 7.61. The maximum atomic E-state index is 5.97. The van der Waals surface area contributed by atoms with Gasteiger partial charge in [-0.3, -0.25) is 4.98 Å². The van der Waals surface area contributed by atoms with E-state index in [9.17, 15) is 0 Å². The van der Waals surface area contributed by atoms with Gasteiger partial charge in [-0.05, 0) is 61.4 Å². The molecular formula is C19H18N4O. The zero-order valence-electron chi connectivity index (χ0n) is 13.2. The molecule has 0 bridgehead atoms. The first-order valence-corrected chi connectivity index (χ1v) is 8.02. The molecule has 1 aromatic carbocycles. The summed E-state index contributed by atoms with van der Waals surface area (Å²) in [6, 6.07) is 11.6. The number of aromatic nitrogens is 3. The number of hydrogen-bond acceptors (Lipinski definition) is 4. The quantitative estimate of drug-likeness (QED) is 0.746. The Kier molecular flexibility index (Phi) is 3.75. The smallest absolute Gasteiger partial charge is 0.210 e. The Morgan fingerprint density at radius 2 is 2.12 bits per heavy atom. The van der Waals surface area contributed by atoms with Gasteiger partial charge in [-0.15, -0.1) is 0 Å². The number of ether oxygens (including phenoxy) is 1. The fourth-order valence-corrected chi connectivity index (χ4v) is 2.78. The van der Waals surface area contributed by atoms with Crippen molar-refractivity contribution in [2.45, 2.75) is 12.8 Å². The number of nitrogens with two attached hydrogens (primary N) is 1. The predicted octanol–water partition coefficient (Wildman–Crippen LogP) is 3.79. The van der Waals surface area contributed by atoms with Gasteiger partial charge < -0.3 is 10.5 Å². The Hall–Kier alpha value is -3.08. The van der Waals surface area contributed by atoms with E-state index in [0.717, 1.165) is 41.0 Å². The summed E-state index contributed by atoms with van der Waals surface area (Å²) in [6.07, 6.45) is 9.82. The van der Waals surface area contributed by atoms with E-state index in [-0.39, 0.29) is 0 Å². The summed E-state index contributed by atoms with van der Waals surface area (Å²) >= 11 is 0. The van der Waals surface area contributed by atoms with Crippen molar-refractivity contribution in [1.29, 1.82) is 0 Å². The van der Waals surface area contributed by atoms with Crippen molar-refractivity contribution in [2.24, 2.45) is 0 Å². The third-order valence-electron chi connectivity index (χ3n) is 3.96. The minimum absolute atomic E-state index is 0.709. The van der Waals surface area contributed by atoms with Crippen molar-refractivity contribution in [1.82, 2.24) is 14.8 Å². The number of hydrogen-bond donors (Lipinski definition) is 1. The molecule has 0 unspecified atom stereocenters. The molecule has 4 rings (SSSR count). The lowest BCUT2D eigenvalue weighted by Gasteiger charge is -2.15. The normalized spacial score (nSPS) is 14.8. The van der Waals surface area contributed by atoms with Crippen LogP contribution in [-0.4, -0.2) is 21.4 Å². The number of nitrogen functional groups attached to an aromatic ring is 1. The van der Waals surface area contributed by atoms with Crippen molar-refractivity contribution in [3.63, 3.8) is 0 Å². The topological polar surface area (TPSA) is 66.0 Å². The highest BCUT2D eigenvalue weighted by Gasteiger charge is 2.15. The van der Waals surface area contributed by atoms with Gasteiger partial charge >= 0.3 is 0 Å². The van der Waals surface area contributed by atoms with Gasteiger partial charge in [-0.2, -0.15) is 5.10 Å². The number of anilines is 1. The summed E-state index contributed by atoms with van der Waals surface area (Å²) in [4.78, 5) is 4.31. The second-order valence-electron chi connectivity index (χ2n) is 5.69. The molecule has 1 aliphatic heterocycles. The van der Waals surface area contributed by atoms with Gasteiger partial charge in [0, 0.05) is 17.3 Å². The Labute approximate surface area is 140 Å². The summed E-state index contributed by atoms with van der Waals surface area (Å²) in [6.45, 7) is 0.717. The average Bonchev–Trinajstić information content (AvgIpc) is 2.99. The lowest BCUT2D eigenvalue weighted by atomic mass is 10.1. The van der Waals surface area contributed by atoms with Crippen molar-refractivity contribution in [2.75, 3.05) is 12.3 Å². The van der Waals surface area contributed by atoms with Crippen LogP contribution in [0.2, 0.25) is 0 Å². The number of allylic oxidation sites excluding steroid dienone is 1. The van der Waals surface area contributed by atoms with Crippen LogP contribution in [0.15, 0.2) is 48.7 Å². The first kappa shape index (κ1) is 14.5. The third kappa shape index (κ3) is 2.76. The standard InChI is InChI=1S/C19H18N4O/c20-14-7-9-16-17(10-8-15-5-1-3-11-21-15)22-23(18(16)13-14)19-6-2-4-12-24-19/h1,3,5-11,13H,2,4,12,20H2/b10-8+. The van der Waals surface area contributed by atoms with Crippen LogP contribution in [0.25, 0.3) is 28.9 Å². The molecule has 3 aromatic rings. The average molecular weight is 318 g/mol. The van der Waals surface area contributed by atoms with Gasteiger partial charge in [-0.1, -0.05) is 6.07 Å². The molecule has 5 nitrogen and oxygen atoms in total. The summed E-state index contributed by atoms with van der Waals surface area (Å²) in [5, 5.41) is 5.76. The fourth-order valence-electron chi connectivity index (χ4n) is 2.78. The van der Waals surface area contributed by atoms with Crippen LogP contribution in [0.4, 0.5) is 5.69 Å². The summed E-state index contributed by atoms with van der Waals surface area (Å²) in [5.41, 5.74) is 9.38. The molecular weight excluding hydrogens is 300 g/mol. The maximum Gasteiger partial charge on any atom is 0.210 e. The van der Waals surface area contributed by atoms with Gasteiger partial charge in [0.1, 0.15) is 0 Å². The van der Waals surface area contributed by atoms with Crippen LogP contribution in [-0.2, 0) is 4.74 Å². The highest BCUT2D eigenvalue weighted by molar-refractivity contribution is 5.92. The molecule has 0 spiro atoms. The third-order valence-corrected chi connectivity index (χ3v) is 3.96. The molecule has 0 fully saturated rings. The predicted molar refractivity (Wildman–Crippen MR) is 96.8 cm³/mol. The van der Waals surface area contributed by atoms with E-state index in [1.807, 2.05) is 53.2 Å². The molecule has 0 atom stereocenters. The number of nitrogens with zero attached hydrogens (tertiary/aromatic N) is 3. The number of benzene rings is 1. The molecule has 120 valence electrons. The minimum Gasteiger partial charge on any atom is -0.478 e. The van der Waals surface area contributed by atoms with Crippen LogP contribution in [0, 0.1) is 0 Å². The van der Waals surface area contributed by atoms with E-state index >= 15 is 0 Å². The first-order chi connectivity index (χ1) is 11.8. The van der Waals surface area contributed by atoms with Crippen LogP contribution in [0.1, 0.15) is 24.2 Å². The lowest BCUT2D eigenvalue weighted by Crippen LogP contribution is -2.08. The van der Waals surface area contributed by atoms with E-state index in [0.29, 0.717) is 12.3 Å². The number of pyridine rings is 1. The van der Waals surface area contributed by atoms with Crippen molar-refractivity contribution in [3.8, 4) is 0 Å². The van der Waals surface area contributed by atoms with Gasteiger partial charge in [0.05, 0.1) is 23.5 Å². The Morgan fingerprint density at radius 3 is 2.92 bits per heavy atom. The molecule has 1 aliphatic rings. The zero-order chi connectivity index (χ0) is 16.4. The molecule has 5 heteroatoms. The van der Waals surface area contributed by atoms with E-state index in [1.54, 1.807) is 6.20 Å². The summed E-state index contributed by atoms with van der Waals surface area (Å²) in [5.74, 6) is 0.773. The molecule has 0 radical (unpaired) electrons. The molecule has 24 heavy (non-hydrogen) atoms. The second kappa shape index (κ2) is 6.20.